The Hall–Kier alpha value is -3.26. The lowest BCUT2D eigenvalue weighted by Crippen LogP contribution is -2.09. The van der Waals surface area contributed by atoms with Gasteiger partial charge in [-0.1, -0.05) is 41.0 Å². The molecule has 130 valence electrons. The Morgan fingerprint density at radius 1 is 1.15 bits per heavy atom. The number of halogens is 1. The number of fused-ring (bicyclic) bond motifs is 1. The van der Waals surface area contributed by atoms with Crippen molar-refractivity contribution < 1.29 is 4.63 Å². The average molecular weight is 369 g/mol. The second-order valence-electron chi connectivity index (χ2n) is 5.71. The van der Waals surface area contributed by atoms with Crippen molar-refractivity contribution in [3.05, 3.63) is 64.0 Å². The summed E-state index contributed by atoms with van der Waals surface area (Å²) in [7, 11) is 0. The van der Waals surface area contributed by atoms with Crippen LogP contribution < -0.4 is 5.73 Å². The predicted octanol–water partition coefficient (Wildman–Crippen LogP) is 3.83. The van der Waals surface area contributed by atoms with Crippen LogP contribution in [0.15, 0.2) is 58.3 Å². The van der Waals surface area contributed by atoms with Crippen LogP contribution in [-0.4, -0.2) is 19.9 Å². The highest BCUT2D eigenvalue weighted by atomic mass is 35.5. The van der Waals surface area contributed by atoms with E-state index in [4.69, 9.17) is 22.0 Å². The van der Waals surface area contributed by atoms with Gasteiger partial charge in [0.2, 0.25) is 0 Å². The first-order valence-corrected chi connectivity index (χ1v) is 8.17. The van der Waals surface area contributed by atoms with Crippen molar-refractivity contribution >= 4 is 28.5 Å². The lowest BCUT2D eigenvalue weighted by molar-refractivity contribution is 0.310. The van der Waals surface area contributed by atoms with E-state index in [0.29, 0.717) is 16.5 Å². The molecule has 0 aliphatic heterocycles. The summed E-state index contributed by atoms with van der Waals surface area (Å²) in [6.07, 6.45) is 0. The van der Waals surface area contributed by atoms with Gasteiger partial charge in [-0.05, 0) is 40.1 Å². The summed E-state index contributed by atoms with van der Waals surface area (Å²) in [5.41, 5.74) is 8.47. The van der Waals surface area contributed by atoms with E-state index >= 15 is 0 Å². The molecule has 2 aromatic heterocycles. The quantitative estimate of drug-likeness (QED) is 0.535. The molecule has 0 aliphatic rings. The predicted molar refractivity (Wildman–Crippen MR) is 97.4 cm³/mol. The number of aromatic nitrogens is 4. The first-order chi connectivity index (χ1) is 12.7. The first kappa shape index (κ1) is 16.2. The zero-order chi connectivity index (χ0) is 18.1. The first-order valence-electron chi connectivity index (χ1n) is 7.79. The van der Waals surface area contributed by atoms with Gasteiger partial charge in [0.25, 0.3) is 0 Å². The molecule has 8 nitrogen and oxygen atoms in total. The van der Waals surface area contributed by atoms with Gasteiger partial charge in [-0.25, -0.2) is 9.61 Å². The number of nitrogen functional groups attached to an aromatic ring is 1. The number of hydrogen-bond donors (Lipinski definition) is 1. The van der Waals surface area contributed by atoms with E-state index in [-0.39, 0.29) is 12.4 Å². The minimum absolute atomic E-state index is 0.128. The van der Waals surface area contributed by atoms with Gasteiger partial charge in [0.15, 0.2) is 17.3 Å². The van der Waals surface area contributed by atoms with Crippen LogP contribution in [0, 0.1) is 4.91 Å². The summed E-state index contributed by atoms with van der Waals surface area (Å²) < 4.78 is 6.54. The molecule has 0 fully saturated rings. The fourth-order valence-corrected chi connectivity index (χ4v) is 2.98. The molecule has 0 spiro atoms. The van der Waals surface area contributed by atoms with E-state index < -0.39 is 6.04 Å². The molecule has 9 heteroatoms. The molecular formula is C17H13ClN6O2. The zero-order valence-corrected chi connectivity index (χ0v) is 14.2. The molecule has 0 saturated heterocycles. The topological polar surface area (TPSA) is 112 Å². The van der Waals surface area contributed by atoms with E-state index in [9.17, 15) is 4.91 Å². The van der Waals surface area contributed by atoms with Crippen molar-refractivity contribution in [3.8, 4) is 11.5 Å². The Bertz CT molecular complexity index is 1070. The van der Waals surface area contributed by atoms with Crippen LogP contribution >= 0.6 is 11.6 Å². The van der Waals surface area contributed by atoms with Gasteiger partial charge in [0.05, 0.1) is 17.6 Å². The SMILES string of the molecule is Nc1nonc1-c1nc2ccccc2n1CC(N=O)c1ccc(Cl)cc1. The Labute approximate surface area is 152 Å². The molecule has 2 N–H and O–H groups in total. The van der Waals surface area contributed by atoms with Gasteiger partial charge in [-0.15, -0.1) is 0 Å². The zero-order valence-electron chi connectivity index (χ0n) is 13.4. The van der Waals surface area contributed by atoms with E-state index in [1.165, 1.54) is 0 Å². The number of hydrogen-bond acceptors (Lipinski definition) is 7. The fraction of sp³-hybridized carbons (Fsp3) is 0.118. The monoisotopic (exact) mass is 368 g/mol. The van der Waals surface area contributed by atoms with Crippen LogP contribution in [0.5, 0.6) is 0 Å². The number of para-hydroxylation sites is 2. The van der Waals surface area contributed by atoms with Crippen LogP contribution in [0.1, 0.15) is 11.6 Å². The molecule has 0 amide bonds. The maximum atomic E-state index is 11.5. The van der Waals surface area contributed by atoms with Crippen molar-refractivity contribution in [1.82, 2.24) is 19.9 Å². The molecule has 2 aromatic carbocycles. The van der Waals surface area contributed by atoms with E-state index in [0.717, 1.165) is 16.6 Å². The minimum atomic E-state index is -0.635. The highest BCUT2D eigenvalue weighted by Gasteiger charge is 2.22. The number of imidazole rings is 1. The highest BCUT2D eigenvalue weighted by molar-refractivity contribution is 6.30. The Balaban J connectivity index is 1.83. The van der Waals surface area contributed by atoms with E-state index in [1.54, 1.807) is 24.3 Å². The second kappa shape index (κ2) is 6.57. The van der Waals surface area contributed by atoms with Gasteiger partial charge in [-0.2, -0.15) is 4.91 Å². The number of rotatable bonds is 5. The summed E-state index contributed by atoms with van der Waals surface area (Å²) in [5.74, 6) is 0.594. The van der Waals surface area contributed by atoms with Gasteiger partial charge in [-0.3, -0.25) is 0 Å². The number of benzene rings is 2. The third-order valence-electron chi connectivity index (χ3n) is 4.12. The molecule has 0 aliphatic carbocycles. The number of anilines is 1. The molecular weight excluding hydrogens is 356 g/mol. The third kappa shape index (κ3) is 2.80. The number of nitrogens with two attached hydrogens (primary N) is 1. The molecule has 0 radical (unpaired) electrons. The van der Waals surface area contributed by atoms with Crippen molar-refractivity contribution in [1.29, 1.82) is 0 Å². The number of nitrogens with zero attached hydrogens (tertiary/aromatic N) is 5. The molecule has 4 rings (SSSR count). The maximum absolute atomic E-state index is 11.5. The Kier molecular flexibility index (Phi) is 4.10. The molecule has 2 heterocycles. The Morgan fingerprint density at radius 3 is 2.62 bits per heavy atom. The fourth-order valence-electron chi connectivity index (χ4n) is 2.85. The van der Waals surface area contributed by atoms with Crippen LogP contribution in [0.3, 0.4) is 0 Å². The van der Waals surface area contributed by atoms with E-state index in [2.05, 4.69) is 20.5 Å². The normalized spacial score (nSPS) is 12.3. The summed E-state index contributed by atoms with van der Waals surface area (Å²) >= 11 is 5.93. The van der Waals surface area contributed by atoms with Gasteiger partial charge < -0.3 is 10.3 Å². The van der Waals surface area contributed by atoms with Gasteiger partial charge >= 0.3 is 0 Å². The lowest BCUT2D eigenvalue weighted by atomic mass is 10.1. The molecule has 1 unspecified atom stereocenters. The maximum Gasteiger partial charge on any atom is 0.199 e. The lowest BCUT2D eigenvalue weighted by Gasteiger charge is -2.13. The van der Waals surface area contributed by atoms with Gasteiger partial charge in [0, 0.05) is 5.02 Å². The molecule has 0 saturated carbocycles. The van der Waals surface area contributed by atoms with Crippen molar-refractivity contribution in [2.24, 2.45) is 5.18 Å². The summed E-state index contributed by atoms with van der Waals surface area (Å²) in [4.78, 5) is 16.1. The van der Waals surface area contributed by atoms with Crippen LogP contribution in [0.4, 0.5) is 5.82 Å². The van der Waals surface area contributed by atoms with E-state index in [1.807, 2.05) is 28.8 Å². The number of nitroso groups, excluding NO2 is 1. The summed E-state index contributed by atoms with van der Waals surface area (Å²) in [6.45, 7) is 0.257. The van der Waals surface area contributed by atoms with Crippen molar-refractivity contribution in [2.75, 3.05) is 5.73 Å². The largest absolute Gasteiger partial charge is 0.379 e. The van der Waals surface area contributed by atoms with Crippen LogP contribution in [0.25, 0.3) is 22.6 Å². The highest BCUT2D eigenvalue weighted by Crippen LogP contribution is 2.30. The second-order valence-corrected chi connectivity index (χ2v) is 6.14. The molecule has 0 bridgehead atoms. The van der Waals surface area contributed by atoms with Gasteiger partial charge in [0.1, 0.15) is 6.04 Å². The third-order valence-corrected chi connectivity index (χ3v) is 4.37. The minimum Gasteiger partial charge on any atom is -0.379 e. The molecule has 1 atom stereocenters. The standard InChI is InChI=1S/C17H13ClN6O2/c18-11-7-5-10(6-8-11)13(21-25)9-24-14-4-2-1-3-12(14)20-17(24)15-16(19)23-26-22-15/h1-8,13H,9H2,(H2,19,23). The van der Waals surface area contributed by atoms with Crippen LogP contribution in [0.2, 0.25) is 5.02 Å². The average Bonchev–Trinajstić information content (AvgIpc) is 3.23. The molecule has 4 aromatic rings. The Morgan fingerprint density at radius 2 is 1.92 bits per heavy atom. The summed E-state index contributed by atoms with van der Waals surface area (Å²) in [6, 6.07) is 13.9. The van der Waals surface area contributed by atoms with Crippen molar-refractivity contribution in [2.45, 2.75) is 12.6 Å². The van der Waals surface area contributed by atoms with Crippen LogP contribution in [-0.2, 0) is 6.54 Å². The summed E-state index contributed by atoms with van der Waals surface area (Å²) in [5, 5.41) is 11.3. The smallest absolute Gasteiger partial charge is 0.199 e. The van der Waals surface area contributed by atoms with Crippen molar-refractivity contribution in [3.63, 3.8) is 0 Å². The molecule has 26 heavy (non-hydrogen) atoms.